The van der Waals surface area contributed by atoms with E-state index in [0.717, 1.165) is 12.8 Å². The maximum Gasteiger partial charge on any atom is 0.0727 e. The second kappa shape index (κ2) is 13.2. The molecule has 2 aliphatic heterocycles. The van der Waals surface area contributed by atoms with Crippen LogP contribution in [0, 0.1) is 0 Å². The second-order valence-corrected chi connectivity index (χ2v) is 12.9. The molecule has 4 aromatic carbocycles. The standard InChI is InChI=1S/C44H37N3.C2H6/c1-45-40(31-14-10-17-34(28-27-31)47-43-23-8-5-20-38(43)39-21-6-9-24-44(39)47)25-12-26-41(45)33-15-11-18-36(30-33)46-35-16-3-2-13-32(29-35)37-19-4-7-22-42(37)46;1-2/h2-26,28,30,32,35,41H,27,29H2,1H3;1-2H3. The van der Waals surface area contributed by atoms with Crippen LogP contribution in [0.5, 0.6) is 0 Å². The van der Waals surface area contributed by atoms with Crippen molar-refractivity contribution in [3.8, 4) is 0 Å². The van der Waals surface area contributed by atoms with E-state index in [-0.39, 0.29) is 6.04 Å². The van der Waals surface area contributed by atoms with Crippen LogP contribution in [0.15, 0.2) is 175 Å². The molecular weight excluding hydrogens is 595 g/mol. The summed E-state index contributed by atoms with van der Waals surface area (Å²) in [6, 6.07) is 36.0. The molecule has 0 N–H and O–H groups in total. The summed E-state index contributed by atoms with van der Waals surface area (Å²) in [5.74, 6) is 0.456. The third-order valence-electron chi connectivity index (χ3n) is 10.3. The van der Waals surface area contributed by atoms with Gasteiger partial charge in [0.25, 0.3) is 0 Å². The molecule has 3 unspecified atom stereocenters. The lowest BCUT2D eigenvalue weighted by atomic mass is 9.85. The van der Waals surface area contributed by atoms with Gasteiger partial charge in [-0.15, -0.1) is 0 Å². The van der Waals surface area contributed by atoms with E-state index in [1.165, 1.54) is 61.3 Å². The highest BCUT2D eigenvalue weighted by molar-refractivity contribution is 6.10. The number of rotatable bonds is 4. The van der Waals surface area contributed by atoms with E-state index in [1.54, 1.807) is 0 Å². The predicted molar refractivity (Wildman–Crippen MR) is 209 cm³/mol. The van der Waals surface area contributed by atoms with Crippen molar-refractivity contribution < 1.29 is 0 Å². The zero-order valence-corrected chi connectivity index (χ0v) is 28.6. The van der Waals surface area contributed by atoms with Gasteiger partial charge in [-0.2, -0.15) is 0 Å². The van der Waals surface area contributed by atoms with Gasteiger partial charge in [0.15, 0.2) is 0 Å². The Kier molecular flexibility index (Phi) is 8.27. The summed E-state index contributed by atoms with van der Waals surface area (Å²) in [6.45, 7) is 4.00. The van der Waals surface area contributed by atoms with Gasteiger partial charge in [0.2, 0.25) is 0 Å². The highest BCUT2D eigenvalue weighted by atomic mass is 15.2. The van der Waals surface area contributed by atoms with Crippen LogP contribution in [0.3, 0.4) is 0 Å². The highest BCUT2D eigenvalue weighted by Gasteiger charge is 2.32. The van der Waals surface area contributed by atoms with Gasteiger partial charge < -0.3 is 14.4 Å². The molecule has 0 saturated heterocycles. The third kappa shape index (κ3) is 5.40. The zero-order chi connectivity index (χ0) is 33.3. The average Bonchev–Trinajstić information content (AvgIpc) is 3.29. The van der Waals surface area contributed by atoms with E-state index >= 15 is 0 Å². The van der Waals surface area contributed by atoms with Crippen LogP contribution in [-0.2, 0) is 0 Å². The zero-order valence-electron chi connectivity index (χ0n) is 28.6. The lowest BCUT2D eigenvalue weighted by Crippen LogP contribution is -2.35. The Morgan fingerprint density at radius 3 is 2.22 bits per heavy atom. The van der Waals surface area contributed by atoms with Gasteiger partial charge in [0.1, 0.15) is 0 Å². The SMILES string of the molecule is CC.CN1C(C2=CC=CC(n3c4ccccc4c4ccccc43)=CC2)=CC=CC1c1cccc(N2c3ccccc3C3C=CC=CC2C3)c1. The molecule has 4 aliphatic rings. The first kappa shape index (κ1) is 30.8. The molecule has 3 atom stereocenters. The molecule has 2 aliphatic carbocycles. The molecule has 3 heteroatoms. The Hall–Kier alpha value is -5.54. The fraction of sp³-hybridized carbons (Fsp3) is 0.174. The number of nitrogens with zero attached hydrogens (tertiary/aromatic N) is 3. The number of aromatic nitrogens is 1. The number of hydrogen-bond donors (Lipinski definition) is 0. The van der Waals surface area contributed by atoms with Crippen molar-refractivity contribution in [1.29, 1.82) is 0 Å². The van der Waals surface area contributed by atoms with Crippen LogP contribution in [0.4, 0.5) is 11.4 Å². The maximum atomic E-state index is 2.54. The molecule has 0 fully saturated rings. The molecule has 49 heavy (non-hydrogen) atoms. The molecule has 0 amide bonds. The molecule has 0 radical (unpaired) electrons. The van der Waals surface area contributed by atoms with Gasteiger partial charge >= 0.3 is 0 Å². The summed E-state index contributed by atoms with van der Waals surface area (Å²) in [5, 5.41) is 2.58. The molecule has 1 aromatic heterocycles. The van der Waals surface area contributed by atoms with Crippen LogP contribution < -0.4 is 4.90 Å². The van der Waals surface area contributed by atoms with Gasteiger partial charge in [-0.05, 0) is 72.0 Å². The molecule has 9 rings (SSSR count). The number of allylic oxidation sites excluding steroid dienone is 11. The lowest BCUT2D eigenvalue weighted by Gasteiger charge is -2.40. The smallest absolute Gasteiger partial charge is 0.0727 e. The first-order valence-electron chi connectivity index (χ1n) is 17.8. The Bertz CT molecular complexity index is 2200. The van der Waals surface area contributed by atoms with Gasteiger partial charge in [-0.3, -0.25) is 0 Å². The van der Waals surface area contributed by atoms with E-state index < -0.39 is 0 Å². The quantitative estimate of drug-likeness (QED) is 0.194. The van der Waals surface area contributed by atoms with Crippen LogP contribution in [-0.4, -0.2) is 22.6 Å². The van der Waals surface area contributed by atoms with Crippen molar-refractivity contribution in [2.75, 3.05) is 11.9 Å². The van der Waals surface area contributed by atoms with Gasteiger partial charge in [-0.25, -0.2) is 0 Å². The first-order valence-corrected chi connectivity index (χ1v) is 17.8. The summed E-state index contributed by atoms with van der Waals surface area (Å²) in [6.07, 6.45) is 27.1. The largest absolute Gasteiger partial charge is 0.364 e. The number of hydrogen-bond acceptors (Lipinski definition) is 2. The van der Waals surface area contributed by atoms with Crippen molar-refractivity contribution in [1.82, 2.24) is 9.47 Å². The van der Waals surface area contributed by atoms with Crippen molar-refractivity contribution in [3.63, 3.8) is 0 Å². The Labute approximate surface area is 290 Å². The Balaban J connectivity index is 0.00000171. The van der Waals surface area contributed by atoms with Crippen molar-refractivity contribution in [2.45, 2.75) is 44.7 Å². The Morgan fingerprint density at radius 1 is 0.673 bits per heavy atom. The van der Waals surface area contributed by atoms with E-state index in [2.05, 4.69) is 185 Å². The monoisotopic (exact) mass is 637 g/mol. The Morgan fingerprint density at radius 2 is 1.41 bits per heavy atom. The van der Waals surface area contributed by atoms with E-state index in [9.17, 15) is 0 Å². The summed E-state index contributed by atoms with van der Waals surface area (Å²) in [7, 11) is 2.24. The summed E-state index contributed by atoms with van der Waals surface area (Å²) in [5.41, 5.74) is 11.5. The molecule has 0 saturated carbocycles. The summed E-state index contributed by atoms with van der Waals surface area (Å²) >= 11 is 0. The summed E-state index contributed by atoms with van der Waals surface area (Å²) < 4.78 is 2.41. The minimum absolute atomic E-state index is 0.142. The fourth-order valence-electron chi connectivity index (χ4n) is 8.11. The van der Waals surface area contributed by atoms with Crippen LogP contribution in [0.1, 0.15) is 49.8 Å². The number of benzene rings is 4. The molecule has 242 valence electrons. The van der Waals surface area contributed by atoms with E-state index in [4.69, 9.17) is 0 Å². The van der Waals surface area contributed by atoms with Gasteiger partial charge in [0.05, 0.1) is 23.1 Å². The molecule has 3 nitrogen and oxygen atoms in total. The minimum Gasteiger partial charge on any atom is -0.364 e. The number of para-hydroxylation sites is 3. The van der Waals surface area contributed by atoms with Crippen LogP contribution in [0.25, 0.3) is 27.5 Å². The number of anilines is 2. The molecule has 0 spiro atoms. The predicted octanol–water partition coefficient (Wildman–Crippen LogP) is 11.8. The van der Waals surface area contributed by atoms with Gasteiger partial charge in [0, 0.05) is 46.5 Å². The van der Waals surface area contributed by atoms with E-state index in [1.807, 2.05) is 13.8 Å². The molecule has 3 heterocycles. The van der Waals surface area contributed by atoms with Crippen molar-refractivity contribution in [2.24, 2.45) is 0 Å². The van der Waals surface area contributed by atoms with Crippen molar-refractivity contribution in [3.05, 3.63) is 186 Å². The van der Waals surface area contributed by atoms with Crippen LogP contribution in [0.2, 0.25) is 0 Å². The third-order valence-corrected chi connectivity index (χ3v) is 10.3. The normalized spacial score (nSPS) is 21.0. The topological polar surface area (TPSA) is 11.4 Å². The second-order valence-electron chi connectivity index (χ2n) is 12.9. The van der Waals surface area contributed by atoms with Crippen LogP contribution >= 0.6 is 0 Å². The number of likely N-dealkylation sites (N-methyl/N-ethyl adjacent to an activating group) is 1. The molecule has 2 bridgehead atoms. The molecular formula is C46H43N3. The maximum absolute atomic E-state index is 2.54. The highest BCUT2D eigenvalue weighted by Crippen LogP contribution is 2.45. The van der Waals surface area contributed by atoms with Crippen molar-refractivity contribution >= 4 is 38.9 Å². The molecule has 5 aromatic rings. The summed E-state index contributed by atoms with van der Waals surface area (Å²) in [4.78, 5) is 4.98. The number of fused-ring (bicyclic) bond motifs is 7. The van der Waals surface area contributed by atoms with E-state index in [0.29, 0.717) is 12.0 Å². The lowest BCUT2D eigenvalue weighted by molar-refractivity contribution is 0.361. The van der Waals surface area contributed by atoms with Gasteiger partial charge in [-0.1, -0.05) is 135 Å². The average molecular weight is 638 g/mol. The minimum atomic E-state index is 0.142. The fourth-order valence-corrected chi connectivity index (χ4v) is 8.11. The first-order chi connectivity index (χ1) is 24.2.